The fourth-order valence-electron chi connectivity index (χ4n) is 3.24. The van der Waals surface area contributed by atoms with Crippen LogP contribution in [0.15, 0.2) is 68.6 Å². The third-order valence-electron chi connectivity index (χ3n) is 4.70. The molecule has 4 rings (SSSR count). The van der Waals surface area contributed by atoms with Gasteiger partial charge in [0.05, 0.1) is 5.56 Å². The normalized spacial score (nSPS) is 11.1. The highest BCUT2D eigenvalue weighted by Gasteiger charge is 2.23. The summed E-state index contributed by atoms with van der Waals surface area (Å²) in [6.07, 6.45) is 0. The van der Waals surface area contributed by atoms with Crippen LogP contribution in [0.5, 0.6) is 0 Å². The van der Waals surface area contributed by atoms with Crippen molar-refractivity contribution in [2.45, 2.75) is 6.54 Å². The van der Waals surface area contributed by atoms with Gasteiger partial charge in [-0.1, -0.05) is 54.1 Å². The first kappa shape index (κ1) is 18.1. The number of fused-ring (bicyclic) bond motifs is 1. The Kier molecular flexibility index (Phi) is 4.57. The fraction of sp³-hybridized carbons (Fsp3) is 0.143. The Morgan fingerprint density at radius 3 is 2.46 bits per heavy atom. The number of aryl methyl sites for hydroxylation is 1. The van der Waals surface area contributed by atoms with Crippen LogP contribution in [0.1, 0.15) is 5.56 Å². The molecule has 0 aliphatic carbocycles. The minimum absolute atomic E-state index is 0.221. The first-order valence-electron chi connectivity index (χ1n) is 8.73. The van der Waals surface area contributed by atoms with E-state index in [1.807, 2.05) is 42.5 Å². The fourth-order valence-corrected chi connectivity index (χ4v) is 3.43. The van der Waals surface area contributed by atoms with Crippen molar-refractivity contribution in [1.82, 2.24) is 9.13 Å². The summed E-state index contributed by atoms with van der Waals surface area (Å²) >= 11 is 6.18. The van der Waals surface area contributed by atoms with Crippen molar-refractivity contribution in [1.29, 1.82) is 0 Å². The Balaban J connectivity index is 1.97. The van der Waals surface area contributed by atoms with Crippen molar-refractivity contribution >= 4 is 28.6 Å². The van der Waals surface area contributed by atoms with Crippen molar-refractivity contribution in [3.05, 3.63) is 86.0 Å². The molecular weight excluding hydrogens is 378 g/mol. The smallest absolute Gasteiger partial charge is 0.333 e. The van der Waals surface area contributed by atoms with Gasteiger partial charge in [-0.05, 0) is 23.3 Å². The highest BCUT2D eigenvalue weighted by molar-refractivity contribution is 6.31. The Bertz CT molecular complexity index is 1290. The molecule has 2 heterocycles. The van der Waals surface area contributed by atoms with E-state index in [2.05, 4.69) is 5.32 Å². The van der Waals surface area contributed by atoms with Crippen molar-refractivity contribution in [2.24, 2.45) is 14.1 Å². The molecule has 0 aliphatic rings. The van der Waals surface area contributed by atoms with Crippen LogP contribution >= 0.6 is 11.6 Å². The zero-order chi connectivity index (χ0) is 19.8. The molecule has 7 heteroatoms. The van der Waals surface area contributed by atoms with Crippen LogP contribution in [0.2, 0.25) is 5.02 Å². The maximum absolute atomic E-state index is 12.9. The van der Waals surface area contributed by atoms with E-state index in [-0.39, 0.29) is 5.71 Å². The number of aromatic nitrogens is 2. The SMILES string of the molecule is Cn1c(=O)c2c(-c3cccc(Cl)c3)c(NCc3ccccc3)oc2n(C)c1=O. The van der Waals surface area contributed by atoms with Crippen molar-refractivity contribution in [3.8, 4) is 11.1 Å². The maximum atomic E-state index is 12.9. The summed E-state index contributed by atoms with van der Waals surface area (Å²) in [4.78, 5) is 25.2. The monoisotopic (exact) mass is 395 g/mol. The highest BCUT2D eigenvalue weighted by Crippen LogP contribution is 2.37. The van der Waals surface area contributed by atoms with Gasteiger partial charge in [-0.2, -0.15) is 0 Å². The molecule has 0 radical (unpaired) electrons. The predicted octanol–water partition coefficient (Wildman–Crippen LogP) is 3.76. The molecule has 2 aromatic heterocycles. The van der Waals surface area contributed by atoms with E-state index in [1.165, 1.54) is 11.6 Å². The average molecular weight is 396 g/mol. The lowest BCUT2D eigenvalue weighted by Gasteiger charge is -2.07. The Morgan fingerprint density at radius 2 is 1.75 bits per heavy atom. The van der Waals surface area contributed by atoms with Crippen LogP contribution in [0.4, 0.5) is 5.88 Å². The lowest BCUT2D eigenvalue weighted by atomic mass is 10.1. The minimum atomic E-state index is -0.446. The number of nitrogens with zero attached hydrogens (tertiary/aromatic N) is 2. The highest BCUT2D eigenvalue weighted by atomic mass is 35.5. The number of rotatable bonds is 4. The molecular formula is C21H18ClN3O3. The van der Waals surface area contributed by atoms with E-state index in [0.717, 1.165) is 15.7 Å². The molecule has 142 valence electrons. The summed E-state index contributed by atoms with van der Waals surface area (Å²) in [5.41, 5.74) is 1.74. The van der Waals surface area contributed by atoms with Crippen molar-refractivity contribution in [3.63, 3.8) is 0 Å². The molecule has 0 saturated carbocycles. The van der Waals surface area contributed by atoms with E-state index in [0.29, 0.717) is 28.4 Å². The molecule has 6 nitrogen and oxygen atoms in total. The molecule has 0 fully saturated rings. The van der Waals surface area contributed by atoms with Gasteiger partial charge in [-0.15, -0.1) is 0 Å². The molecule has 1 N–H and O–H groups in total. The van der Waals surface area contributed by atoms with Gasteiger partial charge >= 0.3 is 5.69 Å². The lowest BCUT2D eigenvalue weighted by molar-refractivity contribution is 0.573. The van der Waals surface area contributed by atoms with Gasteiger partial charge in [0.15, 0.2) is 0 Å². The number of anilines is 1. The number of halogens is 1. The van der Waals surface area contributed by atoms with E-state index in [9.17, 15) is 9.59 Å². The number of furan rings is 1. The first-order chi connectivity index (χ1) is 13.5. The van der Waals surface area contributed by atoms with E-state index in [1.54, 1.807) is 19.2 Å². The Morgan fingerprint density at radius 1 is 1.00 bits per heavy atom. The molecule has 0 spiro atoms. The molecule has 0 bridgehead atoms. The number of benzene rings is 2. The van der Waals surface area contributed by atoms with Crippen LogP contribution in [-0.4, -0.2) is 9.13 Å². The van der Waals surface area contributed by atoms with Crippen LogP contribution in [-0.2, 0) is 20.6 Å². The summed E-state index contributed by atoms with van der Waals surface area (Å²) < 4.78 is 8.37. The van der Waals surface area contributed by atoms with Crippen molar-refractivity contribution < 1.29 is 4.42 Å². The molecule has 4 aromatic rings. The molecule has 0 atom stereocenters. The summed E-state index contributed by atoms with van der Waals surface area (Å²) in [6, 6.07) is 17.0. The minimum Gasteiger partial charge on any atom is -0.423 e. The van der Waals surface area contributed by atoms with Crippen LogP contribution in [0.3, 0.4) is 0 Å². The topological polar surface area (TPSA) is 69.2 Å². The number of hydrogen-bond acceptors (Lipinski definition) is 4. The molecule has 0 saturated heterocycles. The van der Waals surface area contributed by atoms with Gasteiger partial charge in [0.2, 0.25) is 11.6 Å². The summed E-state index contributed by atoms with van der Waals surface area (Å²) in [7, 11) is 3.03. The zero-order valence-electron chi connectivity index (χ0n) is 15.4. The molecule has 2 aromatic carbocycles. The lowest BCUT2D eigenvalue weighted by Crippen LogP contribution is -2.36. The van der Waals surface area contributed by atoms with E-state index < -0.39 is 11.2 Å². The second-order valence-electron chi connectivity index (χ2n) is 6.54. The quantitative estimate of drug-likeness (QED) is 0.571. The van der Waals surface area contributed by atoms with Gasteiger partial charge in [0.25, 0.3) is 5.56 Å². The maximum Gasteiger partial charge on any atom is 0.333 e. The van der Waals surface area contributed by atoms with Gasteiger partial charge in [0, 0.05) is 25.7 Å². The van der Waals surface area contributed by atoms with Crippen LogP contribution in [0.25, 0.3) is 22.2 Å². The average Bonchev–Trinajstić information content (AvgIpc) is 3.09. The van der Waals surface area contributed by atoms with Gasteiger partial charge in [-0.3, -0.25) is 13.9 Å². The predicted molar refractivity (Wildman–Crippen MR) is 111 cm³/mol. The van der Waals surface area contributed by atoms with Gasteiger partial charge in [-0.25, -0.2) is 4.79 Å². The second-order valence-corrected chi connectivity index (χ2v) is 6.98. The molecule has 28 heavy (non-hydrogen) atoms. The number of nitrogens with one attached hydrogen (secondary N) is 1. The molecule has 0 aliphatic heterocycles. The first-order valence-corrected chi connectivity index (χ1v) is 9.11. The van der Waals surface area contributed by atoms with Crippen LogP contribution in [0, 0.1) is 0 Å². The zero-order valence-corrected chi connectivity index (χ0v) is 16.2. The Labute approximate surface area is 165 Å². The third-order valence-corrected chi connectivity index (χ3v) is 4.93. The Hall–Kier alpha value is -3.25. The molecule has 0 amide bonds. The second kappa shape index (κ2) is 7.05. The van der Waals surface area contributed by atoms with Gasteiger partial charge < -0.3 is 9.73 Å². The van der Waals surface area contributed by atoms with Gasteiger partial charge in [0.1, 0.15) is 5.39 Å². The third kappa shape index (κ3) is 3.01. The van der Waals surface area contributed by atoms with Crippen LogP contribution < -0.4 is 16.6 Å². The van der Waals surface area contributed by atoms with E-state index >= 15 is 0 Å². The standard InChI is InChI=1S/C21H18ClN3O3/c1-24-19(26)17-16(14-9-6-10-15(22)11-14)18(28-20(17)25(2)21(24)27)23-12-13-7-4-3-5-8-13/h3-11,23H,12H2,1-2H3. The summed E-state index contributed by atoms with van der Waals surface area (Å²) in [5, 5.41) is 4.14. The van der Waals surface area contributed by atoms with E-state index in [4.69, 9.17) is 16.0 Å². The largest absolute Gasteiger partial charge is 0.423 e. The summed E-state index contributed by atoms with van der Waals surface area (Å²) in [6.45, 7) is 0.502. The number of hydrogen-bond donors (Lipinski definition) is 1. The van der Waals surface area contributed by atoms with Crippen molar-refractivity contribution in [2.75, 3.05) is 5.32 Å². The molecule has 0 unspecified atom stereocenters. The summed E-state index contributed by atoms with van der Waals surface area (Å²) in [5.74, 6) is 0.416.